The normalized spacial score (nSPS) is 17.1. The summed E-state index contributed by atoms with van der Waals surface area (Å²) < 4.78 is 18.9. The molecule has 2 aliphatic heterocycles. The van der Waals surface area contributed by atoms with Crippen molar-refractivity contribution in [3.8, 4) is 11.5 Å². The van der Waals surface area contributed by atoms with Crippen molar-refractivity contribution < 1.29 is 24.1 Å². The Balaban J connectivity index is 1.47. The highest BCUT2D eigenvalue weighted by molar-refractivity contribution is 7.17. The molecule has 0 aliphatic carbocycles. The summed E-state index contributed by atoms with van der Waals surface area (Å²) in [5.41, 5.74) is 7.05. The molecule has 2 aliphatic rings. The van der Waals surface area contributed by atoms with Crippen molar-refractivity contribution in [2.75, 3.05) is 64.2 Å². The third-order valence-electron chi connectivity index (χ3n) is 6.12. The Bertz CT molecular complexity index is 1350. The third-order valence-corrected chi connectivity index (χ3v) is 7.09. The lowest BCUT2D eigenvalue weighted by Crippen LogP contribution is -2.42. The number of aliphatic hydroxyl groups excluding tert-OH is 1. The standard InChI is InChI=1S/C23H29N7O5S/c1-13-19(36-22(24)26-13)21(32)28-23-27-17-15(20-25-5-6-30(20)23)3-4-16(18(17)33-2)35-12-14(31)11-29-7-9-34-10-8-29/h3-4,14,25,31H,5-12H2,1-2H3,(H2,24,26)/t14-/m0/s1. The molecule has 0 saturated carbocycles. The number of rotatable bonds is 7. The summed E-state index contributed by atoms with van der Waals surface area (Å²) in [7, 11) is 1.53. The van der Waals surface area contributed by atoms with Gasteiger partial charge in [-0.2, -0.15) is 4.99 Å². The molecule has 12 nitrogen and oxygen atoms in total. The van der Waals surface area contributed by atoms with E-state index in [-0.39, 0.29) is 12.2 Å². The van der Waals surface area contributed by atoms with Crippen LogP contribution in [-0.2, 0) is 11.3 Å². The number of amides is 1. The molecule has 0 spiro atoms. The van der Waals surface area contributed by atoms with E-state index < -0.39 is 12.0 Å². The van der Waals surface area contributed by atoms with Crippen LogP contribution in [-0.4, -0.2) is 89.7 Å². The van der Waals surface area contributed by atoms with Crippen LogP contribution in [0, 0.1) is 6.92 Å². The summed E-state index contributed by atoms with van der Waals surface area (Å²) in [4.78, 5) is 28.6. The van der Waals surface area contributed by atoms with Gasteiger partial charge in [-0.3, -0.25) is 14.3 Å². The highest BCUT2D eigenvalue weighted by atomic mass is 32.1. The monoisotopic (exact) mass is 515 g/mol. The van der Waals surface area contributed by atoms with Crippen molar-refractivity contribution >= 4 is 39.1 Å². The maximum absolute atomic E-state index is 12.9. The maximum Gasteiger partial charge on any atom is 0.292 e. The minimum absolute atomic E-state index is 0.0962. The number of nitrogens with two attached hydrogens (primary N) is 1. The SMILES string of the molecule is COc1c(OC[C@@H](O)CN2CCOCC2)ccc2c3n(c(=NC(=O)c4sc(N)nc4C)nc12)CCN3. The average molecular weight is 516 g/mol. The highest BCUT2D eigenvalue weighted by Crippen LogP contribution is 2.37. The van der Waals surface area contributed by atoms with Crippen molar-refractivity contribution in [3.05, 3.63) is 28.3 Å². The zero-order valence-corrected chi connectivity index (χ0v) is 21.0. The van der Waals surface area contributed by atoms with Crippen LogP contribution in [0.15, 0.2) is 17.1 Å². The summed E-state index contributed by atoms with van der Waals surface area (Å²) in [5.74, 6) is 1.20. The van der Waals surface area contributed by atoms with Gasteiger partial charge < -0.3 is 30.4 Å². The molecule has 36 heavy (non-hydrogen) atoms. The van der Waals surface area contributed by atoms with E-state index in [4.69, 9.17) is 24.9 Å². The Kier molecular flexibility index (Phi) is 7.05. The zero-order valence-electron chi connectivity index (χ0n) is 20.2. The van der Waals surface area contributed by atoms with Gasteiger partial charge >= 0.3 is 0 Å². The second kappa shape index (κ2) is 10.4. The first kappa shape index (κ1) is 24.4. The number of nitrogens with one attached hydrogen (secondary N) is 1. The van der Waals surface area contributed by atoms with Gasteiger partial charge in [-0.25, -0.2) is 9.97 Å². The second-order valence-electron chi connectivity index (χ2n) is 8.59. The number of ether oxygens (including phenoxy) is 3. The Morgan fingerprint density at radius 1 is 1.33 bits per heavy atom. The molecule has 1 saturated heterocycles. The number of benzene rings is 1. The van der Waals surface area contributed by atoms with E-state index in [2.05, 4.69) is 20.2 Å². The molecular weight excluding hydrogens is 486 g/mol. The van der Waals surface area contributed by atoms with Crippen LogP contribution in [0.3, 0.4) is 0 Å². The Morgan fingerprint density at radius 2 is 2.14 bits per heavy atom. The number of nitrogens with zero attached hydrogens (tertiary/aromatic N) is 5. The van der Waals surface area contributed by atoms with Crippen LogP contribution in [0.25, 0.3) is 10.9 Å². The van der Waals surface area contributed by atoms with E-state index in [1.807, 2.05) is 10.6 Å². The lowest BCUT2D eigenvalue weighted by Gasteiger charge is -2.28. The Morgan fingerprint density at radius 3 is 2.86 bits per heavy atom. The van der Waals surface area contributed by atoms with Gasteiger partial charge in [0.25, 0.3) is 5.91 Å². The minimum atomic E-state index is -0.674. The number of aryl methyl sites for hydroxylation is 1. The fourth-order valence-electron chi connectivity index (χ4n) is 4.42. The Hall–Kier alpha value is -3.26. The summed E-state index contributed by atoms with van der Waals surface area (Å²) in [6.07, 6.45) is -0.674. The summed E-state index contributed by atoms with van der Waals surface area (Å²) >= 11 is 1.10. The minimum Gasteiger partial charge on any atom is -0.491 e. The molecular formula is C23H29N7O5S. The average Bonchev–Trinajstić information content (AvgIpc) is 3.49. The van der Waals surface area contributed by atoms with Crippen LogP contribution in [0.2, 0.25) is 0 Å². The van der Waals surface area contributed by atoms with Crippen molar-refractivity contribution in [3.63, 3.8) is 0 Å². The number of methoxy groups -OCH3 is 1. The summed E-state index contributed by atoms with van der Waals surface area (Å²) in [5, 5.41) is 15.0. The van der Waals surface area contributed by atoms with Gasteiger partial charge in [-0.1, -0.05) is 11.3 Å². The predicted octanol–water partition coefficient (Wildman–Crippen LogP) is 0.631. The topological polar surface area (TPSA) is 149 Å². The van der Waals surface area contributed by atoms with Crippen LogP contribution in [0.1, 0.15) is 15.4 Å². The smallest absolute Gasteiger partial charge is 0.292 e. The number of hydrogen-bond acceptors (Lipinski definition) is 11. The first-order chi connectivity index (χ1) is 17.4. The van der Waals surface area contributed by atoms with Gasteiger partial charge in [0.15, 0.2) is 16.6 Å². The van der Waals surface area contributed by atoms with Gasteiger partial charge in [0.1, 0.15) is 28.9 Å². The van der Waals surface area contributed by atoms with E-state index in [0.717, 1.165) is 35.6 Å². The van der Waals surface area contributed by atoms with E-state index in [0.29, 0.717) is 65.6 Å². The van der Waals surface area contributed by atoms with E-state index in [1.54, 1.807) is 13.0 Å². The molecule has 4 N–H and O–H groups in total. The number of anilines is 2. The van der Waals surface area contributed by atoms with Crippen molar-refractivity contribution in [2.45, 2.75) is 19.6 Å². The van der Waals surface area contributed by atoms with Gasteiger partial charge in [-0.15, -0.1) is 0 Å². The first-order valence-electron chi connectivity index (χ1n) is 11.7. The van der Waals surface area contributed by atoms with Crippen LogP contribution < -0.4 is 26.1 Å². The molecule has 4 heterocycles. The van der Waals surface area contributed by atoms with Crippen LogP contribution >= 0.6 is 11.3 Å². The zero-order chi connectivity index (χ0) is 25.2. The molecule has 0 unspecified atom stereocenters. The number of morpholine rings is 1. The van der Waals surface area contributed by atoms with E-state index >= 15 is 0 Å². The number of thiazole rings is 1. The maximum atomic E-state index is 12.9. The first-order valence-corrected chi connectivity index (χ1v) is 12.5. The van der Waals surface area contributed by atoms with Crippen molar-refractivity contribution in [1.82, 2.24) is 19.4 Å². The molecule has 1 atom stereocenters. The lowest BCUT2D eigenvalue weighted by atomic mass is 10.2. The molecule has 13 heteroatoms. The molecule has 1 aromatic carbocycles. The quantitative estimate of drug-likeness (QED) is 0.409. The van der Waals surface area contributed by atoms with Gasteiger partial charge in [0, 0.05) is 38.1 Å². The van der Waals surface area contributed by atoms with Gasteiger partial charge in [0.2, 0.25) is 5.62 Å². The fraction of sp³-hybridized carbons (Fsp3) is 0.478. The fourth-order valence-corrected chi connectivity index (χ4v) is 5.14. The van der Waals surface area contributed by atoms with Crippen LogP contribution in [0.5, 0.6) is 11.5 Å². The number of nitrogen functional groups attached to an aromatic ring is 1. The highest BCUT2D eigenvalue weighted by Gasteiger charge is 2.22. The van der Waals surface area contributed by atoms with Gasteiger partial charge in [-0.05, 0) is 19.1 Å². The molecule has 3 aromatic rings. The Labute approximate surface area is 211 Å². The predicted molar refractivity (Wildman–Crippen MR) is 135 cm³/mol. The number of hydrogen-bond donors (Lipinski definition) is 3. The number of fused-ring (bicyclic) bond motifs is 3. The lowest BCUT2D eigenvalue weighted by molar-refractivity contribution is 0.00447. The molecule has 0 bridgehead atoms. The van der Waals surface area contributed by atoms with Crippen LogP contribution in [0.4, 0.5) is 10.9 Å². The van der Waals surface area contributed by atoms with Crippen molar-refractivity contribution in [2.24, 2.45) is 4.99 Å². The van der Waals surface area contributed by atoms with Crippen molar-refractivity contribution in [1.29, 1.82) is 0 Å². The molecule has 5 rings (SSSR count). The van der Waals surface area contributed by atoms with Gasteiger partial charge in [0.05, 0.1) is 26.0 Å². The second-order valence-corrected chi connectivity index (χ2v) is 9.62. The summed E-state index contributed by atoms with van der Waals surface area (Å²) in [6.45, 7) is 6.52. The molecule has 1 fully saturated rings. The number of aliphatic hydroxyl groups is 1. The molecule has 2 aromatic heterocycles. The number of aromatic nitrogens is 3. The summed E-state index contributed by atoms with van der Waals surface area (Å²) in [6, 6.07) is 3.69. The largest absolute Gasteiger partial charge is 0.491 e. The third kappa shape index (κ3) is 4.87. The molecule has 1 amide bonds. The molecule has 0 radical (unpaired) electrons. The van der Waals surface area contributed by atoms with E-state index in [9.17, 15) is 9.90 Å². The number of carbonyl (C=O) groups is 1. The molecule has 192 valence electrons. The number of carbonyl (C=O) groups excluding carboxylic acids is 1. The van der Waals surface area contributed by atoms with E-state index in [1.165, 1.54) is 7.11 Å². The number of β-amino-alcohol motifs (C(OH)–C–C–N with tert-alkyl or cyclic N) is 1.